The molecule has 0 N–H and O–H groups in total. The van der Waals surface area contributed by atoms with E-state index in [1.54, 1.807) is 0 Å². The second-order valence-corrected chi connectivity index (χ2v) is 8.01. The van der Waals surface area contributed by atoms with Crippen LogP contribution in [0.3, 0.4) is 0 Å². The van der Waals surface area contributed by atoms with Crippen molar-refractivity contribution >= 4 is 11.9 Å². The molecule has 1 aromatic rings. The van der Waals surface area contributed by atoms with Gasteiger partial charge in [0.05, 0.1) is 29.8 Å². The maximum Gasteiger partial charge on any atom is 0.339 e. The first-order valence-electron chi connectivity index (χ1n) is 12.5. The van der Waals surface area contributed by atoms with Crippen molar-refractivity contribution in [1.82, 2.24) is 0 Å². The van der Waals surface area contributed by atoms with Crippen molar-refractivity contribution in [3.05, 3.63) is 35.3 Å². The lowest BCUT2D eigenvalue weighted by Gasteiger charge is -2.10. The van der Waals surface area contributed by atoms with Gasteiger partial charge in [0.2, 0.25) is 0 Å². The largest absolute Gasteiger partial charge is 0.462 e. The molecule has 1 aromatic carbocycles. The molecular weight excluding hydrogens is 352 g/mol. The van der Waals surface area contributed by atoms with E-state index in [1.807, 2.05) is 0 Å². The normalized spacial score (nSPS) is 13.1. The van der Waals surface area contributed by atoms with Gasteiger partial charge in [0.15, 0.2) is 0 Å². The minimum Gasteiger partial charge on any atom is -0.462 e. The summed E-state index contributed by atoms with van der Waals surface area (Å²) in [6, 6.07) is -2.33. The van der Waals surface area contributed by atoms with Gasteiger partial charge in [-0.25, -0.2) is 9.59 Å². The van der Waals surface area contributed by atoms with Crippen LogP contribution in [0.5, 0.6) is 0 Å². The lowest BCUT2D eigenvalue weighted by Crippen LogP contribution is -2.15. The van der Waals surface area contributed by atoms with Gasteiger partial charge in [-0.1, -0.05) is 78.3 Å². The van der Waals surface area contributed by atoms with E-state index in [1.165, 1.54) is 0 Å². The predicted octanol–water partition coefficient (Wildman–Crippen LogP) is 6.43. The fraction of sp³-hybridized carbons (Fsp3) is 0.667. The molecule has 0 atom stereocenters. The highest BCUT2D eigenvalue weighted by Crippen LogP contribution is 2.14. The molecule has 158 valence electrons. The van der Waals surface area contributed by atoms with E-state index in [0.717, 1.165) is 38.5 Å². The van der Waals surface area contributed by atoms with E-state index >= 15 is 0 Å². The minimum absolute atomic E-state index is 0.129. The number of carbonyl (C=O) groups excluding carboxylic acids is 2. The van der Waals surface area contributed by atoms with Crippen LogP contribution in [-0.4, -0.2) is 25.2 Å². The van der Waals surface area contributed by atoms with E-state index in [4.69, 9.17) is 15.0 Å². The monoisotopic (exact) mass is 394 g/mol. The Kier molecular flexibility index (Phi) is 9.23. The molecule has 28 heavy (non-hydrogen) atoms. The quantitative estimate of drug-likeness (QED) is 0.269. The summed E-state index contributed by atoms with van der Waals surface area (Å²) in [4.78, 5) is 25.3. The molecule has 0 aliphatic rings. The molecule has 0 heterocycles. The van der Waals surface area contributed by atoms with Crippen LogP contribution >= 0.6 is 0 Å². The Bertz CT molecular complexity index is 700. The SMILES string of the molecule is [2H]c1c([2H])c([2H])c(C(=O)OCCCCCC(C)C)c(C(=O)OCCCCCC(C)C)c1[2H]. The lowest BCUT2D eigenvalue weighted by atomic mass is 10.1. The third-order valence-corrected chi connectivity index (χ3v) is 4.41. The molecule has 0 bridgehead atoms. The molecule has 0 saturated carbocycles. The maximum absolute atomic E-state index is 12.6. The summed E-state index contributed by atoms with van der Waals surface area (Å²) in [6.07, 6.45) is 7.32. The van der Waals surface area contributed by atoms with Crippen LogP contribution in [0.4, 0.5) is 0 Å². The van der Waals surface area contributed by atoms with E-state index < -0.39 is 47.2 Å². The highest BCUT2D eigenvalue weighted by molar-refractivity contribution is 6.03. The van der Waals surface area contributed by atoms with Crippen LogP contribution < -0.4 is 0 Å². The first kappa shape index (κ1) is 18.2. The molecule has 4 nitrogen and oxygen atoms in total. The topological polar surface area (TPSA) is 52.6 Å². The van der Waals surface area contributed by atoms with Gasteiger partial charge in [-0.3, -0.25) is 0 Å². The first-order chi connectivity index (χ1) is 15.1. The summed E-state index contributed by atoms with van der Waals surface area (Å²) in [5.41, 5.74) is -0.911. The number of benzene rings is 1. The van der Waals surface area contributed by atoms with E-state index in [2.05, 4.69) is 27.7 Å². The molecular formula is C24H38O4. The second-order valence-electron chi connectivity index (χ2n) is 8.01. The molecule has 1 rings (SSSR count). The Morgan fingerprint density at radius 2 is 1.14 bits per heavy atom. The standard InChI is InChI=1S/C24H38O4/c1-19(2)13-7-5-11-17-27-23(25)21-15-9-10-16-22(21)24(26)28-18-12-6-8-14-20(3)4/h9-10,15-16,19-20H,5-8,11-14,17-18H2,1-4H3/i9D,10D,15D,16D. The summed E-state index contributed by atoms with van der Waals surface area (Å²) in [6.45, 7) is 8.85. The zero-order valence-electron chi connectivity index (χ0n) is 21.9. The average Bonchev–Trinajstić information content (AvgIpc) is 2.73. The van der Waals surface area contributed by atoms with Crippen molar-refractivity contribution in [1.29, 1.82) is 0 Å². The Morgan fingerprint density at radius 1 is 0.750 bits per heavy atom. The zero-order chi connectivity index (χ0) is 24.3. The lowest BCUT2D eigenvalue weighted by molar-refractivity contribution is 0.0450. The van der Waals surface area contributed by atoms with Crippen LogP contribution in [0.15, 0.2) is 24.2 Å². The van der Waals surface area contributed by atoms with Crippen LogP contribution in [-0.2, 0) is 9.47 Å². The highest BCUT2D eigenvalue weighted by atomic mass is 16.5. The minimum atomic E-state index is -0.926. The predicted molar refractivity (Wildman–Crippen MR) is 114 cm³/mol. The Hall–Kier alpha value is -1.84. The Labute approximate surface area is 176 Å². The van der Waals surface area contributed by atoms with Gasteiger partial charge in [0.25, 0.3) is 0 Å². The third kappa shape index (κ3) is 10.5. The summed E-state index contributed by atoms with van der Waals surface area (Å²) in [5, 5.41) is 0. The molecule has 0 spiro atoms. The number of esters is 2. The van der Waals surface area contributed by atoms with Crippen LogP contribution in [0.25, 0.3) is 0 Å². The summed E-state index contributed by atoms with van der Waals surface area (Å²) >= 11 is 0. The average molecular weight is 395 g/mol. The smallest absolute Gasteiger partial charge is 0.339 e. The van der Waals surface area contributed by atoms with Gasteiger partial charge >= 0.3 is 11.9 Å². The fourth-order valence-corrected chi connectivity index (χ4v) is 2.76. The van der Waals surface area contributed by atoms with Crippen molar-refractivity contribution in [2.75, 3.05) is 13.2 Å². The van der Waals surface area contributed by atoms with Crippen LogP contribution in [0.2, 0.25) is 0 Å². The summed E-state index contributed by atoms with van der Waals surface area (Å²) in [5.74, 6) is -0.627. The van der Waals surface area contributed by atoms with Crippen molar-refractivity contribution < 1.29 is 24.5 Å². The molecule has 0 fully saturated rings. The Balaban J connectivity index is 2.83. The summed E-state index contributed by atoms with van der Waals surface area (Å²) in [7, 11) is 0. The summed E-state index contributed by atoms with van der Waals surface area (Å²) < 4.78 is 42.4. The molecule has 0 aliphatic carbocycles. The number of carbonyl (C=O) groups is 2. The van der Waals surface area contributed by atoms with Crippen molar-refractivity contribution in [3.63, 3.8) is 0 Å². The van der Waals surface area contributed by atoms with Gasteiger partial charge in [-0.2, -0.15) is 0 Å². The Morgan fingerprint density at radius 3 is 1.50 bits per heavy atom. The molecule has 0 saturated heterocycles. The van der Waals surface area contributed by atoms with Crippen molar-refractivity contribution in [3.8, 4) is 0 Å². The fourth-order valence-electron chi connectivity index (χ4n) is 2.76. The molecule has 0 radical (unpaired) electrons. The van der Waals surface area contributed by atoms with Gasteiger partial charge in [0, 0.05) is 0 Å². The molecule has 0 amide bonds. The van der Waals surface area contributed by atoms with Gasteiger partial charge in [-0.05, 0) is 36.8 Å². The van der Waals surface area contributed by atoms with E-state index in [9.17, 15) is 9.59 Å². The molecule has 0 aliphatic heterocycles. The van der Waals surface area contributed by atoms with Gasteiger partial charge in [0.1, 0.15) is 0 Å². The second kappa shape index (κ2) is 14.2. The highest BCUT2D eigenvalue weighted by Gasteiger charge is 2.18. The molecule has 0 aromatic heterocycles. The molecule has 0 unspecified atom stereocenters. The number of ether oxygens (including phenoxy) is 2. The van der Waals surface area contributed by atoms with E-state index in [-0.39, 0.29) is 13.2 Å². The number of unbranched alkanes of at least 4 members (excludes halogenated alkanes) is 4. The first-order valence-corrected chi connectivity index (χ1v) is 10.5. The number of hydrogen-bond donors (Lipinski definition) is 0. The number of rotatable bonds is 14. The molecule has 4 heteroatoms. The van der Waals surface area contributed by atoms with Crippen LogP contribution in [0.1, 0.15) is 105 Å². The third-order valence-electron chi connectivity index (χ3n) is 4.41. The van der Waals surface area contributed by atoms with Gasteiger partial charge in [-0.15, -0.1) is 0 Å². The van der Waals surface area contributed by atoms with Crippen molar-refractivity contribution in [2.24, 2.45) is 11.8 Å². The number of hydrogen-bond acceptors (Lipinski definition) is 4. The van der Waals surface area contributed by atoms with Crippen LogP contribution in [0, 0.1) is 11.8 Å². The zero-order valence-corrected chi connectivity index (χ0v) is 17.9. The van der Waals surface area contributed by atoms with Crippen molar-refractivity contribution in [2.45, 2.75) is 79.1 Å². The van der Waals surface area contributed by atoms with Gasteiger partial charge < -0.3 is 9.47 Å². The maximum atomic E-state index is 12.6. The van der Waals surface area contributed by atoms with E-state index in [0.29, 0.717) is 24.7 Å².